The summed E-state index contributed by atoms with van der Waals surface area (Å²) in [6.07, 6.45) is 3.14. The van der Waals surface area contributed by atoms with Crippen LogP contribution in [0.1, 0.15) is 31.2 Å². The summed E-state index contributed by atoms with van der Waals surface area (Å²) in [6.45, 7) is 1.97. The van der Waals surface area contributed by atoms with Gasteiger partial charge in [0.05, 0.1) is 17.6 Å². The predicted molar refractivity (Wildman–Crippen MR) is 72.3 cm³/mol. The first kappa shape index (κ1) is 14.5. The molecule has 1 saturated carbocycles. The molecule has 0 aromatic heterocycles. The van der Waals surface area contributed by atoms with Crippen molar-refractivity contribution in [1.29, 1.82) is 0 Å². The van der Waals surface area contributed by atoms with Gasteiger partial charge in [0, 0.05) is 5.92 Å². The van der Waals surface area contributed by atoms with Gasteiger partial charge in [0.25, 0.3) is 10.1 Å². The van der Waals surface area contributed by atoms with Gasteiger partial charge in [-0.1, -0.05) is 30.5 Å². The molecular formula is C14H20O4S. The Balaban J connectivity index is 1.99. The maximum Gasteiger partial charge on any atom is 0.296 e. The largest absolute Gasteiger partial charge is 0.393 e. The molecule has 0 unspecified atom stereocenters. The summed E-state index contributed by atoms with van der Waals surface area (Å²) in [5.74, 6) is -0.0750. The molecular weight excluding hydrogens is 264 g/mol. The molecule has 0 amide bonds. The van der Waals surface area contributed by atoms with Crippen LogP contribution in [0.5, 0.6) is 0 Å². The fourth-order valence-corrected chi connectivity index (χ4v) is 3.29. The van der Waals surface area contributed by atoms with Crippen molar-refractivity contribution < 1.29 is 17.7 Å². The molecule has 0 bridgehead atoms. The topological polar surface area (TPSA) is 63.6 Å². The van der Waals surface area contributed by atoms with Gasteiger partial charge in [-0.25, -0.2) is 0 Å². The van der Waals surface area contributed by atoms with Crippen LogP contribution in [-0.4, -0.2) is 26.2 Å². The molecule has 1 aliphatic rings. The number of rotatable bonds is 4. The Hall–Kier alpha value is -0.910. The predicted octanol–water partition coefficient (Wildman–Crippen LogP) is 2.25. The summed E-state index contributed by atoms with van der Waals surface area (Å²) in [4.78, 5) is 0.170. The van der Waals surface area contributed by atoms with E-state index in [1.54, 1.807) is 24.3 Å². The van der Waals surface area contributed by atoms with Crippen molar-refractivity contribution in [3.8, 4) is 0 Å². The Morgan fingerprint density at radius 2 is 1.84 bits per heavy atom. The Labute approximate surface area is 114 Å². The molecule has 0 spiro atoms. The minimum absolute atomic E-state index is 0.0668. The fourth-order valence-electron chi connectivity index (χ4n) is 2.33. The van der Waals surface area contributed by atoms with E-state index in [2.05, 4.69) is 0 Å². The SMILES string of the molecule is Cc1ccc(S(=O)(=O)OC[C@@H]2CCCC[C@@H]2O)cc1. The molecule has 2 rings (SSSR count). The normalized spacial score (nSPS) is 24.3. The smallest absolute Gasteiger partial charge is 0.296 e. The zero-order valence-electron chi connectivity index (χ0n) is 11.1. The summed E-state index contributed by atoms with van der Waals surface area (Å²) < 4.78 is 29.1. The van der Waals surface area contributed by atoms with E-state index in [1.165, 1.54) is 0 Å². The first-order chi connectivity index (χ1) is 8.99. The Kier molecular flexibility index (Phi) is 4.60. The lowest BCUT2D eigenvalue weighted by Gasteiger charge is -2.26. The summed E-state index contributed by atoms with van der Waals surface area (Å²) in [7, 11) is -3.71. The molecule has 5 heteroatoms. The quantitative estimate of drug-likeness (QED) is 0.861. The van der Waals surface area contributed by atoms with E-state index >= 15 is 0 Å². The standard InChI is InChI=1S/C14H20O4S/c1-11-6-8-13(9-7-11)19(16,17)18-10-12-4-2-3-5-14(12)15/h6-9,12,14-15H,2-5,10H2,1H3/t12-,14-/m0/s1. The van der Waals surface area contributed by atoms with Crippen LogP contribution in [0, 0.1) is 12.8 Å². The van der Waals surface area contributed by atoms with Gasteiger partial charge >= 0.3 is 0 Å². The summed E-state index contributed by atoms with van der Waals surface area (Å²) in [6, 6.07) is 6.57. The van der Waals surface area contributed by atoms with Crippen LogP contribution < -0.4 is 0 Å². The molecule has 19 heavy (non-hydrogen) atoms. The maximum absolute atomic E-state index is 12.0. The monoisotopic (exact) mass is 284 g/mol. The Morgan fingerprint density at radius 3 is 2.47 bits per heavy atom. The van der Waals surface area contributed by atoms with Crippen molar-refractivity contribution in [2.45, 2.75) is 43.6 Å². The van der Waals surface area contributed by atoms with E-state index < -0.39 is 16.2 Å². The second-order valence-electron chi connectivity index (χ2n) is 5.16. The number of aryl methyl sites for hydroxylation is 1. The lowest BCUT2D eigenvalue weighted by molar-refractivity contribution is 0.0438. The van der Waals surface area contributed by atoms with Crippen molar-refractivity contribution in [3.05, 3.63) is 29.8 Å². The highest BCUT2D eigenvalue weighted by atomic mass is 32.2. The van der Waals surface area contributed by atoms with E-state index in [0.29, 0.717) is 0 Å². The van der Waals surface area contributed by atoms with Gasteiger partial charge < -0.3 is 5.11 Å². The van der Waals surface area contributed by atoms with Gasteiger partial charge in [-0.2, -0.15) is 8.42 Å². The highest BCUT2D eigenvalue weighted by Crippen LogP contribution is 2.25. The van der Waals surface area contributed by atoms with Crippen molar-refractivity contribution in [1.82, 2.24) is 0 Å². The molecule has 1 N–H and O–H groups in total. The zero-order valence-corrected chi connectivity index (χ0v) is 11.9. The van der Waals surface area contributed by atoms with Crippen LogP contribution in [0.15, 0.2) is 29.2 Å². The molecule has 0 aliphatic heterocycles. The van der Waals surface area contributed by atoms with Gasteiger partial charge in [0.1, 0.15) is 0 Å². The van der Waals surface area contributed by atoms with E-state index in [1.807, 2.05) is 6.92 Å². The third-order valence-corrected chi connectivity index (χ3v) is 4.91. The van der Waals surface area contributed by atoms with Gasteiger partial charge in [-0.15, -0.1) is 0 Å². The zero-order chi connectivity index (χ0) is 13.9. The summed E-state index contributed by atoms with van der Waals surface area (Å²) in [5.41, 5.74) is 1.00. The second-order valence-corrected chi connectivity index (χ2v) is 6.78. The minimum atomic E-state index is -3.71. The fraction of sp³-hybridized carbons (Fsp3) is 0.571. The van der Waals surface area contributed by atoms with Crippen molar-refractivity contribution >= 4 is 10.1 Å². The number of hydrogen-bond acceptors (Lipinski definition) is 4. The van der Waals surface area contributed by atoms with Crippen LogP contribution in [-0.2, 0) is 14.3 Å². The highest BCUT2D eigenvalue weighted by Gasteiger charge is 2.26. The van der Waals surface area contributed by atoms with Gasteiger partial charge in [-0.05, 0) is 31.9 Å². The number of aliphatic hydroxyl groups excluding tert-OH is 1. The average Bonchev–Trinajstić information content (AvgIpc) is 2.38. The minimum Gasteiger partial charge on any atom is -0.393 e. The van der Waals surface area contributed by atoms with Crippen molar-refractivity contribution in [2.24, 2.45) is 5.92 Å². The molecule has 0 saturated heterocycles. The van der Waals surface area contributed by atoms with E-state index in [-0.39, 0.29) is 17.4 Å². The maximum atomic E-state index is 12.0. The van der Waals surface area contributed by atoms with Crippen LogP contribution in [0.4, 0.5) is 0 Å². The Bertz CT molecular complexity index is 507. The lowest BCUT2D eigenvalue weighted by Crippen LogP contribution is -2.29. The molecule has 1 aromatic carbocycles. The van der Waals surface area contributed by atoms with Crippen LogP contribution in [0.25, 0.3) is 0 Å². The summed E-state index contributed by atoms with van der Waals surface area (Å²) >= 11 is 0. The molecule has 4 nitrogen and oxygen atoms in total. The molecule has 1 aliphatic carbocycles. The third-order valence-electron chi connectivity index (χ3n) is 3.62. The first-order valence-corrected chi connectivity index (χ1v) is 8.04. The molecule has 1 fully saturated rings. The highest BCUT2D eigenvalue weighted by molar-refractivity contribution is 7.86. The molecule has 2 atom stereocenters. The third kappa shape index (κ3) is 3.78. The second kappa shape index (κ2) is 6.03. The molecule has 1 aromatic rings. The van der Waals surface area contributed by atoms with E-state index in [9.17, 15) is 13.5 Å². The van der Waals surface area contributed by atoms with Crippen molar-refractivity contribution in [3.63, 3.8) is 0 Å². The average molecular weight is 284 g/mol. The van der Waals surface area contributed by atoms with E-state index in [0.717, 1.165) is 31.2 Å². The summed E-state index contributed by atoms with van der Waals surface area (Å²) in [5, 5.41) is 9.80. The van der Waals surface area contributed by atoms with E-state index in [4.69, 9.17) is 4.18 Å². The molecule has 0 heterocycles. The number of benzene rings is 1. The van der Waals surface area contributed by atoms with Gasteiger partial charge in [-0.3, -0.25) is 4.18 Å². The van der Waals surface area contributed by atoms with Crippen molar-refractivity contribution in [2.75, 3.05) is 6.61 Å². The van der Waals surface area contributed by atoms with Gasteiger partial charge in [0.15, 0.2) is 0 Å². The Morgan fingerprint density at radius 1 is 1.21 bits per heavy atom. The number of hydrogen-bond donors (Lipinski definition) is 1. The van der Waals surface area contributed by atoms with Crippen LogP contribution >= 0.6 is 0 Å². The van der Waals surface area contributed by atoms with Crippen LogP contribution in [0.3, 0.4) is 0 Å². The number of aliphatic hydroxyl groups is 1. The van der Waals surface area contributed by atoms with Gasteiger partial charge in [0.2, 0.25) is 0 Å². The van der Waals surface area contributed by atoms with Crippen LogP contribution in [0.2, 0.25) is 0 Å². The molecule has 0 radical (unpaired) electrons. The molecule has 106 valence electrons. The lowest BCUT2D eigenvalue weighted by atomic mass is 9.87. The first-order valence-electron chi connectivity index (χ1n) is 6.63.